The summed E-state index contributed by atoms with van der Waals surface area (Å²) in [5, 5.41) is 6.88. The summed E-state index contributed by atoms with van der Waals surface area (Å²) in [5.74, 6) is 0. The molecule has 2 rings (SSSR count). The minimum atomic E-state index is 0.562. The first-order valence-corrected chi connectivity index (χ1v) is 7.42. The molecule has 1 heterocycles. The molecule has 1 atom stereocenters. The van der Waals surface area contributed by atoms with E-state index in [2.05, 4.69) is 47.6 Å². The van der Waals surface area contributed by atoms with Crippen molar-refractivity contribution in [1.82, 2.24) is 10.3 Å². The summed E-state index contributed by atoms with van der Waals surface area (Å²) in [7, 11) is 0. The summed E-state index contributed by atoms with van der Waals surface area (Å²) in [4.78, 5) is 4.30. The van der Waals surface area contributed by atoms with Crippen molar-refractivity contribution in [2.75, 3.05) is 6.54 Å². The normalized spacial score (nSPS) is 12.5. The maximum absolute atomic E-state index is 4.30. The highest BCUT2D eigenvalue weighted by molar-refractivity contribution is 7.09. The smallest absolute Gasteiger partial charge is 0.0937 e. The van der Waals surface area contributed by atoms with Crippen LogP contribution in [0.4, 0.5) is 0 Å². The number of aromatic nitrogens is 1. The topological polar surface area (TPSA) is 24.9 Å². The monoisotopic (exact) mass is 260 g/mol. The molecule has 0 amide bonds. The van der Waals surface area contributed by atoms with Crippen molar-refractivity contribution < 1.29 is 0 Å². The van der Waals surface area contributed by atoms with E-state index in [1.807, 2.05) is 11.6 Å². The number of benzene rings is 1. The number of nitrogens with zero attached hydrogens (tertiary/aromatic N) is 1. The van der Waals surface area contributed by atoms with Crippen molar-refractivity contribution in [3.05, 3.63) is 52.5 Å². The molecule has 0 saturated carbocycles. The van der Waals surface area contributed by atoms with Crippen molar-refractivity contribution in [3.63, 3.8) is 0 Å². The molecule has 1 N–H and O–H groups in total. The Balaban J connectivity index is 1.75. The SMILES string of the molecule is CCC(Cc1ccccc1)NCCc1nccs1. The lowest BCUT2D eigenvalue weighted by atomic mass is 10.0. The van der Waals surface area contributed by atoms with Gasteiger partial charge < -0.3 is 5.32 Å². The lowest BCUT2D eigenvalue weighted by molar-refractivity contribution is 0.498. The van der Waals surface area contributed by atoms with Crippen LogP contribution in [-0.2, 0) is 12.8 Å². The van der Waals surface area contributed by atoms with Crippen LogP contribution < -0.4 is 5.32 Å². The summed E-state index contributed by atoms with van der Waals surface area (Å²) >= 11 is 1.74. The van der Waals surface area contributed by atoms with E-state index in [0.29, 0.717) is 6.04 Å². The molecule has 1 aromatic carbocycles. The average molecular weight is 260 g/mol. The molecule has 1 unspecified atom stereocenters. The molecule has 0 saturated heterocycles. The third-order valence-corrected chi connectivity index (χ3v) is 3.91. The summed E-state index contributed by atoms with van der Waals surface area (Å²) in [6.07, 6.45) is 5.17. The van der Waals surface area contributed by atoms with Gasteiger partial charge in [0, 0.05) is 30.6 Å². The van der Waals surface area contributed by atoms with E-state index in [9.17, 15) is 0 Å². The molecule has 0 aliphatic rings. The zero-order valence-corrected chi connectivity index (χ0v) is 11.6. The fraction of sp³-hybridized carbons (Fsp3) is 0.400. The molecule has 0 radical (unpaired) electrons. The van der Waals surface area contributed by atoms with Crippen LogP contribution in [0.1, 0.15) is 23.9 Å². The second kappa shape index (κ2) is 7.29. The standard InChI is InChI=1S/C15H20N2S/c1-2-14(12-13-6-4-3-5-7-13)16-9-8-15-17-10-11-18-15/h3-7,10-11,14,16H,2,8-9,12H2,1H3. The molecule has 0 aliphatic carbocycles. The van der Waals surface area contributed by atoms with Crippen LogP contribution in [0.15, 0.2) is 41.9 Å². The first kappa shape index (κ1) is 13.2. The van der Waals surface area contributed by atoms with Crippen LogP contribution in [0, 0.1) is 0 Å². The Morgan fingerprint density at radius 2 is 2.11 bits per heavy atom. The van der Waals surface area contributed by atoms with Gasteiger partial charge in [-0.1, -0.05) is 37.3 Å². The van der Waals surface area contributed by atoms with Crippen molar-refractivity contribution in [2.45, 2.75) is 32.2 Å². The molecule has 3 heteroatoms. The molecule has 0 aliphatic heterocycles. The van der Waals surface area contributed by atoms with Gasteiger partial charge in [0.05, 0.1) is 5.01 Å². The fourth-order valence-electron chi connectivity index (χ4n) is 2.02. The van der Waals surface area contributed by atoms with Gasteiger partial charge >= 0.3 is 0 Å². The van der Waals surface area contributed by atoms with Gasteiger partial charge in [-0.05, 0) is 18.4 Å². The molecule has 2 nitrogen and oxygen atoms in total. The van der Waals surface area contributed by atoms with Crippen molar-refractivity contribution in [3.8, 4) is 0 Å². The third kappa shape index (κ3) is 4.24. The number of hydrogen-bond donors (Lipinski definition) is 1. The van der Waals surface area contributed by atoms with Gasteiger partial charge in [0.2, 0.25) is 0 Å². The molecule has 2 aromatic rings. The van der Waals surface area contributed by atoms with E-state index < -0.39 is 0 Å². The average Bonchev–Trinajstić information content (AvgIpc) is 2.92. The Morgan fingerprint density at radius 1 is 1.28 bits per heavy atom. The van der Waals surface area contributed by atoms with E-state index >= 15 is 0 Å². The largest absolute Gasteiger partial charge is 0.313 e. The zero-order valence-electron chi connectivity index (χ0n) is 10.8. The molecule has 1 aromatic heterocycles. The maximum Gasteiger partial charge on any atom is 0.0937 e. The maximum atomic E-state index is 4.30. The summed E-state index contributed by atoms with van der Waals surface area (Å²) < 4.78 is 0. The lowest BCUT2D eigenvalue weighted by Gasteiger charge is -2.16. The quantitative estimate of drug-likeness (QED) is 0.826. The third-order valence-electron chi connectivity index (χ3n) is 3.07. The Kier molecular flexibility index (Phi) is 5.36. The number of nitrogens with one attached hydrogen (secondary N) is 1. The van der Waals surface area contributed by atoms with E-state index in [-0.39, 0.29) is 0 Å². The van der Waals surface area contributed by atoms with E-state index in [1.165, 1.54) is 10.6 Å². The van der Waals surface area contributed by atoms with Gasteiger partial charge in [0.25, 0.3) is 0 Å². The van der Waals surface area contributed by atoms with Gasteiger partial charge in [0.1, 0.15) is 0 Å². The Labute approximate surface area is 113 Å². The van der Waals surface area contributed by atoms with E-state index in [4.69, 9.17) is 0 Å². The molecular formula is C15H20N2S. The van der Waals surface area contributed by atoms with Gasteiger partial charge in [0.15, 0.2) is 0 Å². The zero-order chi connectivity index (χ0) is 12.6. The molecular weight excluding hydrogens is 240 g/mol. The highest BCUT2D eigenvalue weighted by atomic mass is 32.1. The van der Waals surface area contributed by atoms with Gasteiger partial charge in [-0.2, -0.15) is 0 Å². The predicted octanol–water partition coefficient (Wildman–Crippen LogP) is 3.30. The molecule has 0 bridgehead atoms. The van der Waals surface area contributed by atoms with Crippen LogP contribution in [-0.4, -0.2) is 17.6 Å². The fourth-order valence-corrected chi connectivity index (χ4v) is 2.64. The molecule has 18 heavy (non-hydrogen) atoms. The number of hydrogen-bond acceptors (Lipinski definition) is 3. The first-order chi connectivity index (χ1) is 8.88. The van der Waals surface area contributed by atoms with Crippen molar-refractivity contribution >= 4 is 11.3 Å². The summed E-state index contributed by atoms with van der Waals surface area (Å²) in [6, 6.07) is 11.2. The Hall–Kier alpha value is -1.19. The van der Waals surface area contributed by atoms with E-state index in [1.54, 1.807) is 11.3 Å². The van der Waals surface area contributed by atoms with Crippen LogP contribution in [0.25, 0.3) is 0 Å². The van der Waals surface area contributed by atoms with Crippen LogP contribution in [0.3, 0.4) is 0 Å². The highest BCUT2D eigenvalue weighted by Gasteiger charge is 2.06. The second-order valence-corrected chi connectivity index (χ2v) is 5.40. The van der Waals surface area contributed by atoms with Gasteiger partial charge in [-0.25, -0.2) is 4.98 Å². The number of thiazole rings is 1. The van der Waals surface area contributed by atoms with Gasteiger partial charge in [-0.15, -0.1) is 11.3 Å². The Morgan fingerprint density at radius 3 is 2.78 bits per heavy atom. The van der Waals surface area contributed by atoms with Gasteiger partial charge in [-0.3, -0.25) is 0 Å². The predicted molar refractivity (Wildman–Crippen MR) is 78.0 cm³/mol. The van der Waals surface area contributed by atoms with E-state index in [0.717, 1.165) is 25.8 Å². The number of rotatable bonds is 7. The highest BCUT2D eigenvalue weighted by Crippen LogP contribution is 2.07. The van der Waals surface area contributed by atoms with Crippen LogP contribution in [0.5, 0.6) is 0 Å². The molecule has 0 spiro atoms. The first-order valence-electron chi connectivity index (χ1n) is 6.54. The summed E-state index contributed by atoms with van der Waals surface area (Å²) in [5.41, 5.74) is 1.41. The Bertz CT molecular complexity index is 425. The second-order valence-electron chi connectivity index (χ2n) is 4.42. The minimum absolute atomic E-state index is 0.562. The minimum Gasteiger partial charge on any atom is -0.313 e. The van der Waals surface area contributed by atoms with Crippen LogP contribution in [0.2, 0.25) is 0 Å². The lowest BCUT2D eigenvalue weighted by Crippen LogP contribution is -2.32. The summed E-state index contributed by atoms with van der Waals surface area (Å²) in [6.45, 7) is 3.25. The molecule has 96 valence electrons. The van der Waals surface area contributed by atoms with Crippen LogP contribution >= 0.6 is 11.3 Å². The van der Waals surface area contributed by atoms with Crippen molar-refractivity contribution in [1.29, 1.82) is 0 Å². The van der Waals surface area contributed by atoms with Crippen molar-refractivity contribution in [2.24, 2.45) is 0 Å². The molecule has 0 fully saturated rings.